The predicted molar refractivity (Wildman–Crippen MR) is 101 cm³/mol. The molecule has 0 aromatic heterocycles. The Morgan fingerprint density at radius 2 is 1.25 bits per heavy atom. The van der Waals surface area contributed by atoms with Gasteiger partial charge in [-0.25, -0.2) is 0 Å². The Hall–Kier alpha value is -2.59. The van der Waals surface area contributed by atoms with E-state index in [0.717, 1.165) is 33.6 Å². The molecule has 0 aliphatic rings. The second-order valence-corrected chi connectivity index (χ2v) is 6.13. The lowest BCUT2D eigenvalue weighted by Gasteiger charge is -2.25. The first-order chi connectivity index (χ1) is 11.7. The first-order valence-corrected chi connectivity index (χ1v) is 8.25. The highest BCUT2D eigenvalue weighted by Gasteiger charge is 2.12. The monoisotopic (exact) mass is 381 g/mol. The number of hydrogen-bond donors (Lipinski definition) is 0. The predicted octanol–water partition coefficient (Wildman–Crippen LogP) is 5.74. The Balaban J connectivity index is 2.07. The van der Waals surface area contributed by atoms with E-state index in [9.17, 15) is 4.79 Å². The third-order valence-corrected chi connectivity index (χ3v) is 4.23. The molecule has 0 heterocycles. The maximum absolute atomic E-state index is 10.9. The van der Waals surface area contributed by atoms with Gasteiger partial charge < -0.3 is 9.64 Å². The fourth-order valence-electron chi connectivity index (χ4n) is 2.47. The van der Waals surface area contributed by atoms with Gasteiger partial charge in [-0.2, -0.15) is 0 Å². The summed E-state index contributed by atoms with van der Waals surface area (Å²) in [5, 5.41) is 0. The largest absolute Gasteiger partial charge is 0.497 e. The molecule has 120 valence electrons. The van der Waals surface area contributed by atoms with Crippen molar-refractivity contribution in [1.82, 2.24) is 0 Å². The molecule has 0 bridgehead atoms. The van der Waals surface area contributed by atoms with Crippen molar-refractivity contribution in [3.63, 3.8) is 0 Å². The number of aldehydes is 1. The van der Waals surface area contributed by atoms with Gasteiger partial charge in [-0.05, 0) is 72.8 Å². The van der Waals surface area contributed by atoms with Gasteiger partial charge in [-0.3, -0.25) is 4.79 Å². The van der Waals surface area contributed by atoms with Crippen molar-refractivity contribution in [1.29, 1.82) is 0 Å². The molecular formula is C20H16BrNO2. The number of halogens is 1. The van der Waals surface area contributed by atoms with Crippen LogP contribution in [0.4, 0.5) is 17.1 Å². The minimum absolute atomic E-state index is 0.657. The van der Waals surface area contributed by atoms with E-state index in [-0.39, 0.29) is 0 Å². The number of ether oxygens (including phenoxy) is 1. The number of rotatable bonds is 5. The number of carbonyl (C=O) groups excluding carboxylic acids is 1. The summed E-state index contributed by atoms with van der Waals surface area (Å²) >= 11 is 3.47. The normalized spacial score (nSPS) is 10.2. The first kappa shape index (κ1) is 16.3. The van der Waals surface area contributed by atoms with Gasteiger partial charge in [0.05, 0.1) is 7.11 Å². The minimum atomic E-state index is 0.657. The molecule has 0 aliphatic heterocycles. The fourth-order valence-corrected chi connectivity index (χ4v) is 2.73. The van der Waals surface area contributed by atoms with Crippen molar-refractivity contribution in [3.05, 3.63) is 82.8 Å². The lowest BCUT2D eigenvalue weighted by molar-refractivity contribution is 0.112. The molecule has 3 nitrogen and oxygen atoms in total. The van der Waals surface area contributed by atoms with Crippen LogP contribution in [0.2, 0.25) is 0 Å². The molecule has 24 heavy (non-hydrogen) atoms. The fraction of sp³-hybridized carbons (Fsp3) is 0.0500. The minimum Gasteiger partial charge on any atom is -0.497 e. The number of hydrogen-bond acceptors (Lipinski definition) is 3. The lowest BCUT2D eigenvalue weighted by atomic mass is 10.1. The second-order valence-electron chi connectivity index (χ2n) is 5.22. The van der Waals surface area contributed by atoms with Gasteiger partial charge in [-0.15, -0.1) is 0 Å². The van der Waals surface area contributed by atoms with Gasteiger partial charge in [0.2, 0.25) is 0 Å². The van der Waals surface area contributed by atoms with Crippen LogP contribution in [-0.4, -0.2) is 13.4 Å². The van der Waals surface area contributed by atoms with Crippen LogP contribution >= 0.6 is 15.9 Å². The molecule has 0 amide bonds. The average molecular weight is 382 g/mol. The summed E-state index contributed by atoms with van der Waals surface area (Å²) in [6.07, 6.45) is 0.848. The van der Waals surface area contributed by atoms with Crippen LogP contribution in [0.3, 0.4) is 0 Å². The Morgan fingerprint density at radius 3 is 1.71 bits per heavy atom. The summed E-state index contributed by atoms with van der Waals surface area (Å²) < 4.78 is 6.27. The zero-order valence-electron chi connectivity index (χ0n) is 13.1. The van der Waals surface area contributed by atoms with E-state index >= 15 is 0 Å². The third-order valence-electron chi connectivity index (χ3n) is 3.70. The molecule has 3 aromatic rings. The topological polar surface area (TPSA) is 29.5 Å². The number of methoxy groups -OCH3 is 1. The third kappa shape index (κ3) is 3.49. The Bertz CT molecular complexity index is 812. The zero-order chi connectivity index (χ0) is 16.9. The van der Waals surface area contributed by atoms with Gasteiger partial charge in [0.25, 0.3) is 0 Å². The maximum Gasteiger partial charge on any atom is 0.150 e. The Morgan fingerprint density at radius 1 is 0.792 bits per heavy atom. The van der Waals surface area contributed by atoms with Crippen molar-refractivity contribution in [3.8, 4) is 5.75 Å². The molecule has 0 aliphatic carbocycles. The summed E-state index contributed by atoms with van der Waals surface area (Å²) in [5.74, 6) is 0.811. The van der Waals surface area contributed by atoms with Gasteiger partial charge in [0.1, 0.15) is 12.0 Å². The molecule has 0 radical (unpaired) electrons. The number of carbonyl (C=O) groups is 1. The quantitative estimate of drug-likeness (QED) is 0.527. The lowest BCUT2D eigenvalue weighted by Crippen LogP contribution is -2.09. The van der Waals surface area contributed by atoms with Crippen molar-refractivity contribution < 1.29 is 9.53 Å². The van der Waals surface area contributed by atoms with Crippen LogP contribution in [-0.2, 0) is 0 Å². The van der Waals surface area contributed by atoms with Gasteiger partial charge in [0.15, 0.2) is 0 Å². The van der Waals surface area contributed by atoms with Crippen LogP contribution in [0.25, 0.3) is 0 Å². The summed E-state index contributed by atoms with van der Waals surface area (Å²) in [4.78, 5) is 13.0. The SMILES string of the molecule is COc1ccc(N(c2ccc(Br)cc2)c2ccc(C=O)cc2)cc1. The maximum atomic E-state index is 10.9. The highest BCUT2D eigenvalue weighted by atomic mass is 79.9. The number of nitrogens with zero attached hydrogens (tertiary/aromatic N) is 1. The summed E-state index contributed by atoms with van der Waals surface area (Å²) in [6, 6.07) is 23.5. The van der Waals surface area contributed by atoms with E-state index in [1.807, 2.05) is 72.8 Å². The van der Waals surface area contributed by atoms with E-state index in [1.165, 1.54) is 0 Å². The molecule has 0 spiro atoms. The molecule has 0 unspecified atom stereocenters. The second kappa shape index (κ2) is 7.32. The molecule has 0 fully saturated rings. The number of anilines is 3. The molecular weight excluding hydrogens is 366 g/mol. The highest BCUT2D eigenvalue weighted by Crippen LogP contribution is 2.35. The van der Waals surface area contributed by atoms with Crippen molar-refractivity contribution in [2.45, 2.75) is 0 Å². The zero-order valence-corrected chi connectivity index (χ0v) is 14.7. The summed E-state index contributed by atoms with van der Waals surface area (Å²) in [6.45, 7) is 0. The van der Waals surface area contributed by atoms with E-state index < -0.39 is 0 Å². The number of benzene rings is 3. The smallest absolute Gasteiger partial charge is 0.150 e. The van der Waals surface area contributed by atoms with Crippen molar-refractivity contribution >= 4 is 39.3 Å². The van der Waals surface area contributed by atoms with Gasteiger partial charge in [-0.1, -0.05) is 15.9 Å². The van der Waals surface area contributed by atoms with E-state index in [0.29, 0.717) is 5.56 Å². The summed E-state index contributed by atoms with van der Waals surface area (Å²) in [5.41, 5.74) is 3.68. The van der Waals surface area contributed by atoms with Crippen LogP contribution in [0.15, 0.2) is 77.3 Å². The standard InChI is InChI=1S/C20H16BrNO2/c1-24-20-12-10-19(11-13-20)22(18-8-4-16(21)5-9-18)17-6-2-15(14-23)3-7-17/h2-14H,1H3. The Kier molecular flexibility index (Phi) is 4.96. The van der Waals surface area contributed by atoms with E-state index in [2.05, 4.69) is 20.8 Å². The Labute approximate surface area is 149 Å². The highest BCUT2D eigenvalue weighted by molar-refractivity contribution is 9.10. The van der Waals surface area contributed by atoms with Crippen LogP contribution in [0, 0.1) is 0 Å². The van der Waals surface area contributed by atoms with Crippen LogP contribution in [0.5, 0.6) is 5.75 Å². The molecule has 4 heteroatoms. The molecule has 0 N–H and O–H groups in total. The van der Waals surface area contributed by atoms with E-state index in [1.54, 1.807) is 7.11 Å². The van der Waals surface area contributed by atoms with Crippen molar-refractivity contribution in [2.24, 2.45) is 0 Å². The molecule has 0 saturated carbocycles. The summed E-state index contributed by atoms with van der Waals surface area (Å²) in [7, 11) is 1.65. The van der Waals surface area contributed by atoms with Crippen LogP contribution in [0.1, 0.15) is 10.4 Å². The van der Waals surface area contributed by atoms with Crippen LogP contribution < -0.4 is 9.64 Å². The van der Waals surface area contributed by atoms with Crippen molar-refractivity contribution in [2.75, 3.05) is 12.0 Å². The van der Waals surface area contributed by atoms with Gasteiger partial charge >= 0.3 is 0 Å². The molecule has 0 atom stereocenters. The molecule has 0 saturated heterocycles. The molecule has 3 aromatic carbocycles. The van der Waals surface area contributed by atoms with Gasteiger partial charge in [0, 0.05) is 27.1 Å². The first-order valence-electron chi connectivity index (χ1n) is 7.46. The molecule has 3 rings (SSSR count). The average Bonchev–Trinajstić information content (AvgIpc) is 2.64. The van der Waals surface area contributed by atoms with E-state index in [4.69, 9.17) is 4.74 Å².